The van der Waals surface area contributed by atoms with Crippen molar-refractivity contribution in [2.45, 2.75) is 0 Å². The van der Waals surface area contributed by atoms with Crippen LogP contribution in [0.25, 0.3) is 132 Å². The molecule has 0 unspecified atom stereocenters. The molecule has 6 nitrogen and oxygen atoms in total. The number of rotatable bonds is 2. The predicted molar refractivity (Wildman–Crippen MR) is 220 cm³/mol. The van der Waals surface area contributed by atoms with Crippen molar-refractivity contribution < 1.29 is 8.83 Å². The molecule has 0 N–H and O–H groups in total. The lowest BCUT2D eigenvalue weighted by Gasteiger charge is -2.11. The van der Waals surface area contributed by atoms with Crippen LogP contribution in [0, 0.1) is 0 Å². The third-order valence-corrected chi connectivity index (χ3v) is 11.8. The number of furan rings is 2. The Balaban J connectivity index is 1.16. The predicted octanol–water partition coefficient (Wildman–Crippen LogP) is 12.8. The molecule has 0 fully saturated rings. The largest absolute Gasteiger partial charge is 0.456 e. The first-order valence-corrected chi connectivity index (χ1v) is 18.2. The van der Waals surface area contributed by atoms with Gasteiger partial charge in [0.15, 0.2) is 5.58 Å². The summed E-state index contributed by atoms with van der Waals surface area (Å²) in [5.41, 5.74) is 11.3. The second kappa shape index (κ2) is 9.31. The van der Waals surface area contributed by atoms with Gasteiger partial charge in [0.25, 0.3) is 0 Å². The van der Waals surface area contributed by atoms with E-state index in [4.69, 9.17) is 18.8 Å². The molecule has 0 spiro atoms. The summed E-state index contributed by atoms with van der Waals surface area (Å²) in [6.45, 7) is 0. The van der Waals surface area contributed by atoms with Crippen molar-refractivity contribution in [2.75, 3.05) is 0 Å². The average molecular weight is 689 g/mol. The molecular weight excluding hydrogens is 665 g/mol. The van der Waals surface area contributed by atoms with Crippen molar-refractivity contribution in [3.05, 3.63) is 146 Å². The van der Waals surface area contributed by atoms with Gasteiger partial charge >= 0.3 is 0 Å². The molecule has 0 saturated heterocycles. The quantitative estimate of drug-likeness (QED) is 0.170. The molecular formula is C48H24N4O2. The van der Waals surface area contributed by atoms with E-state index in [1.807, 2.05) is 18.2 Å². The van der Waals surface area contributed by atoms with Gasteiger partial charge in [0, 0.05) is 37.9 Å². The van der Waals surface area contributed by atoms with Gasteiger partial charge in [-0.3, -0.25) is 4.57 Å². The van der Waals surface area contributed by atoms with Crippen LogP contribution in [0.1, 0.15) is 0 Å². The minimum Gasteiger partial charge on any atom is -0.456 e. The maximum absolute atomic E-state index is 6.61. The van der Waals surface area contributed by atoms with Crippen molar-refractivity contribution >= 4 is 115 Å². The van der Waals surface area contributed by atoms with E-state index >= 15 is 0 Å². The van der Waals surface area contributed by atoms with Crippen LogP contribution in [0.15, 0.2) is 154 Å². The van der Waals surface area contributed by atoms with Crippen LogP contribution in [-0.4, -0.2) is 18.9 Å². The summed E-state index contributed by atoms with van der Waals surface area (Å²) >= 11 is 0. The molecule has 8 aromatic carbocycles. The number of hydrogen-bond donors (Lipinski definition) is 0. The standard InChI is InChI=1S/C48H24N4O2/c1-2-9-28-25(8-1)16-17-26-24-27(18-19-29(26)28)44-47-45(32-11-4-6-14-37(32)54-47)50-48(49-44)52-35-22-23-39-43-40-34(13-7-15-38(40)53-39)51-33-12-5-3-10-30(33)31-20-21-36(52)42(41(35)43)46(31)51/h1-24H. The van der Waals surface area contributed by atoms with E-state index in [9.17, 15) is 0 Å². The number of hydrogen-bond acceptors (Lipinski definition) is 4. The lowest BCUT2D eigenvalue weighted by atomic mass is 9.99. The van der Waals surface area contributed by atoms with Crippen molar-refractivity contribution in [1.82, 2.24) is 18.9 Å². The Kier molecular flexibility index (Phi) is 4.70. The highest BCUT2D eigenvalue weighted by Crippen LogP contribution is 2.48. The molecule has 14 aromatic rings. The zero-order chi connectivity index (χ0) is 34.8. The third kappa shape index (κ3) is 3.16. The van der Waals surface area contributed by atoms with Crippen LogP contribution in [0.5, 0.6) is 0 Å². The van der Waals surface area contributed by atoms with Gasteiger partial charge in [-0.05, 0) is 76.1 Å². The summed E-state index contributed by atoms with van der Waals surface area (Å²) in [5, 5.41) is 12.8. The molecule has 0 bridgehead atoms. The average Bonchev–Trinajstić information content (AvgIpc) is 3.95. The second-order valence-corrected chi connectivity index (χ2v) is 14.5. The Morgan fingerprint density at radius 2 is 1.15 bits per heavy atom. The molecule has 6 heteroatoms. The van der Waals surface area contributed by atoms with Crippen LogP contribution in [-0.2, 0) is 0 Å². The molecule has 0 saturated carbocycles. The Bertz CT molecular complexity index is 3910. The van der Waals surface area contributed by atoms with E-state index in [1.54, 1.807) is 0 Å². The first-order valence-electron chi connectivity index (χ1n) is 18.2. The van der Waals surface area contributed by atoms with Gasteiger partial charge in [-0.25, -0.2) is 9.97 Å². The monoisotopic (exact) mass is 688 g/mol. The zero-order valence-corrected chi connectivity index (χ0v) is 28.5. The Morgan fingerprint density at radius 3 is 2.11 bits per heavy atom. The van der Waals surface area contributed by atoms with Gasteiger partial charge in [0.1, 0.15) is 28.0 Å². The second-order valence-electron chi connectivity index (χ2n) is 14.5. The smallest absolute Gasteiger partial charge is 0.236 e. The molecule has 0 atom stereocenters. The van der Waals surface area contributed by atoms with E-state index in [0.717, 1.165) is 77.0 Å². The Labute approximate surface area is 304 Å². The third-order valence-electron chi connectivity index (χ3n) is 11.8. The highest BCUT2D eigenvalue weighted by molar-refractivity contribution is 6.37. The normalized spacial score (nSPS) is 12.8. The molecule has 0 aliphatic heterocycles. The van der Waals surface area contributed by atoms with Crippen LogP contribution in [0.3, 0.4) is 0 Å². The molecule has 0 aliphatic rings. The van der Waals surface area contributed by atoms with E-state index in [2.05, 4.69) is 136 Å². The molecule has 6 heterocycles. The Hall–Kier alpha value is -7.44. The van der Waals surface area contributed by atoms with Crippen LogP contribution < -0.4 is 0 Å². The van der Waals surface area contributed by atoms with Crippen LogP contribution >= 0.6 is 0 Å². The van der Waals surface area contributed by atoms with Crippen molar-refractivity contribution in [3.63, 3.8) is 0 Å². The van der Waals surface area contributed by atoms with Crippen LogP contribution in [0.4, 0.5) is 0 Å². The topological polar surface area (TPSA) is 61.4 Å². The highest BCUT2D eigenvalue weighted by Gasteiger charge is 2.28. The summed E-state index contributed by atoms with van der Waals surface area (Å²) < 4.78 is 17.9. The summed E-state index contributed by atoms with van der Waals surface area (Å²) in [6.07, 6.45) is 0. The van der Waals surface area contributed by atoms with Crippen LogP contribution in [0.2, 0.25) is 0 Å². The van der Waals surface area contributed by atoms with Crippen molar-refractivity contribution in [1.29, 1.82) is 0 Å². The lowest BCUT2D eigenvalue weighted by molar-refractivity contribution is 0.666. The molecule has 14 rings (SSSR count). The van der Waals surface area contributed by atoms with Crippen molar-refractivity contribution in [3.8, 4) is 17.2 Å². The van der Waals surface area contributed by atoms with E-state index < -0.39 is 0 Å². The number of benzene rings is 8. The fourth-order valence-corrected chi connectivity index (χ4v) is 9.62. The molecule has 0 radical (unpaired) electrons. The van der Waals surface area contributed by atoms with Gasteiger partial charge in [-0.15, -0.1) is 0 Å². The maximum Gasteiger partial charge on any atom is 0.236 e. The van der Waals surface area contributed by atoms with Gasteiger partial charge in [0.05, 0.1) is 33.0 Å². The summed E-state index contributed by atoms with van der Waals surface area (Å²) in [5.74, 6) is 0.595. The molecule has 6 aromatic heterocycles. The molecule has 54 heavy (non-hydrogen) atoms. The van der Waals surface area contributed by atoms with Gasteiger partial charge in [0.2, 0.25) is 5.95 Å². The van der Waals surface area contributed by atoms with E-state index in [-0.39, 0.29) is 0 Å². The summed E-state index contributed by atoms with van der Waals surface area (Å²) in [4.78, 5) is 10.9. The number of para-hydroxylation sites is 2. The molecule has 0 aliphatic carbocycles. The fraction of sp³-hybridized carbons (Fsp3) is 0. The minimum atomic E-state index is 0.595. The number of aromatic nitrogens is 4. The van der Waals surface area contributed by atoms with E-state index in [0.29, 0.717) is 11.5 Å². The highest BCUT2D eigenvalue weighted by atomic mass is 16.3. The SMILES string of the molecule is c1ccc2c(c1)ccc1cc(-c3nc(-n4c5ccc6oc7cccc8c7c6c5c5c4ccc4c6ccccc6n8c45)nc4c3oc3ccccc34)ccc12. The van der Waals surface area contributed by atoms with Crippen molar-refractivity contribution in [2.24, 2.45) is 0 Å². The molecule has 0 amide bonds. The maximum atomic E-state index is 6.61. The fourth-order valence-electron chi connectivity index (χ4n) is 9.62. The first-order chi connectivity index (χ1) is 26.8. The van der Waals surface area contributed by atoms with Gasteiger partial charge in [-0.2, -0.15) is 0 Å². The summed E-state index contributed by atoms with van der Waals surface area (Å²) in [6, 6.07) is 51.6. The number of fused-ring (bicyclic) bond motifs is 10. The van der Waals surface area contributed by atoms with E-state index in [1.165, 1.54) is 43.4 Å². The van der Waals surface area contributed by atoms with Gasteiger partial charge in [-0.1, -0.05) is 91.0 Å². The minimum absolute atomic E-state index is 0.595. The first kappa shape index (κ1) is 27.2. The zero-order valence-electron chi connectivity index (χ0n) is 28.5. The number of nitrogens with zero attached hydrogens (tertiary/aromatic N) is 4. The molecule has 248 valence electrons. The lowest BCUT2D eigenvalue weighted by Crippen LogP contribution is -2.03. The summed E-state index contributed by atoms with van der Waals surface area (Å²) in [7, 11) is 0. The Morgan fingerprint density at radius 1 is 0.426 bits per heavy atom. The van der Waals surface area contributed by atoms with Gasteiger partial charge < -0.3 is 13.2 Å².